The lowest BCUT2D eigenvalue weighted by atomic mass is 9.93. The Morgan fingerprint density at radius 1 is 1.28 bits per heavy atom. The van der Waals surface area contributed by atoms with Crippen LogP contribution < -0.4 is 11.5 Å². The molecule has 3 aromatic rings. The molecule has 0 bridgehead atoms. The molecule has 5 N–H and O–H groups in total. The zero-order valence-electron chi connectivity index (χ0n) is 13.4. The average Bonchev–Trinajstić information content (AvgIpc) is 2.96. The van der Waals surface area contributed by atoms with Gasteiger partial charge in [-0.1, -0.05) is 6.07 Å². The predicted octanol–water partition coefficient (Wildman–Crippen LogP) is 2.50. The van der Waals surface area contributed by atoms with Gasteiger partial charge in [0.15, 0.2) is 11.3 Å². The lowest BCUT2D eigenvalue weighted by Gasteiger charge is -2.16. The summed E-state index contributed by atoms with van der Waals surface area (Å²) in [6.45, 7) is 0.514. The number of phenolic OH excluding ortho intramolecular Hbond substituents is 1. The summed E-state index contributed by atoms with van der Waals surface area (Å²) in [5.41, 5.74) is 12.8. The van der Waals surface area contributed by atoms with Gasteiger partial charge in [0.25, 0.3) is 5.91 Å². The first-order valence-corrected chi connectivity index (χ1v) is 7.27. The highest BCUT2D eigenvalue weighted by molar-refractivity contribution is 6.07. The number of fused-ring (bicyclic) bond motifs is 1. The van der Waals surface area contributed by atoms with Crippen molar-refractivity contribution in [3.05, 3.63) is 35.3 Å². The molecule has 0 atom stereocenters. The number of rotatable bonds is 3. The summed E-state index contributed by atoms with van der Waals surface area (Å²) in [7, 11) is 0. The van der Waals surface area contributed by atoms with Crippen molar-refractivity contribution in [2.45, 2.75) is 20.4 Å². The largest absolute Gasteiger partial charge is 0.508 e. The van der Waals surface area contributed by atoms with E-state index in [1.165, 1.54) is 6.07 Å². The normalized spacial score (nSPS) is 11.4. The van der Waals surface area contributed by atoms with Crippen molar-refractivity contribution in [3.63, 3.8) is 0 Å². The number of hydrogen-bond donors (Lipinski definition) is 3. The molecule has 1 aromatic carbocycles. The van der Waals surface area contributed by atoms with Crippen LogP contribution in [0.1, 0.15) is 28.2 Å². The minimum atomic E-state index is -2.90. The van der Waals surface area contributed by atoms with Crippen LogP contribution in [0.3, 0.4) is 0 Å². The highest BCUT2D eigenvalue weighted by Crippen LogP contribution is 2.40. The monoisotopic (exact) mass is 347 g/mol. The maximum atomic E-state index is 13.2. The predicted molar refractivity (Wildman–Crippen MR) is 88.3 cm³/mol. The number of primary amides is 1. The molecule has 2 aromatic heterocycles. The highest BCUT2D eigenvalue weighted by atomic mass is 19.3. The number of carbonyl (C=O) groups is 1. The van der Waals surface area contributed by atoms with Gasteiger partial charge in [0.05, 0.1) is 5.69 Å². The van der Waals surface area contributed by atoms with E-state index in [0.29, 0.717) is 15.7 Å². The number of benzene rings is 1. The van der Waals surface area contributed by atoms with Crippen LogP contribution in [0.25, 0.3) is 22.3 Å². The smallest absolute Gasteiger partial charge is 0.321 e. The van der Waals surface area contributed by atoms with Gasteiger partial charge in [-0.05, 0) is 36.6 Å². The molecule has 130 valence electrons. The lowest BCUT2D eigenvalue weighted by molar-refractivity contribution is 0.0738. The number of alkyl halides is 2. The van der Waals surface area contributed by atoms with Crippen molar-refractivity contribution in [1.29, 1.82) is 0 Å². The molecule has 25 heavy (non-hydrogen) atoms. The molecule has 0 aliphatic carbocycles. The van der Waals surface area contributed by atoms with Gasteiger partial charge in [-0.3, -0.25) is 9.36 Å². The number of anilines is 1. The van der Waals surface area contributed by atoms with E-state index in [2.05, 4.69) is 9.97 Å². The molecule has 0 saturated carbocycles. The molecule has 0 aliphatic rings. The van der Waals surface area contributed by atoms with E-state index in [1.807, 2.05) is 0 Å². The van der Waals surface area contributed by atoms with Crippen molar-refractivity contribution in [2.75, 3.05) is 5.73 Å². The maximum absolute atomic E-state index is 13.2. The minimum Gasteiger partial charge on any atom is -0.508 e. The first-order chi connectivity index (χ1) is 11.7. The second-order valence-corrected chi connectivity index (χ2v) is 5.62. The molecular weight excluding hydrogens is 332 g/mol. The Balaban J connectivity index is 2.53. The number of pyridine rings is 1. The van der Waals surface area contributed by atoms with Crippen LogP contribution in [0.5, 0.6) is 5.75 Å². The first kappa shape index (κ1) is 16.6. The van der Waals surface area contributed by atoms with Gasteiger partial charge in [-0.25, -0.2) is 9.97 Å². The van der Waals surface area contributed by atoms with Crippen LogP contribution in [0, 0.1) is 13.8 Å². The van der Waals surface area contributed by atoms with Crippen LogP contribution in [0.2, 0.25) is 0 Å². The summed E-state index contributed by atoms with van der Waals surface area (Å²) >= 11 is 0. The number of halogens is 2. The van der Waals surface area contributed by atoms with Crippen molar-refractivity contribution in [2.24, 2.45) is 5.73 Å². The van der Waals surface area contributed by atoms with E-state index in [-0.39, 0.29) is 33.9 Å². The summed E-state index contributed by atoms with van der Waals surface area (Å²) < 4.78 is 27.0. The molecule has 0 aliphatic heterocycles. The number of aromatic nitrogens is 3. The van der Waals surface area contributed by atoms with Crippen molar-refractivity contribution < 1.29 is 18.7 Å². The van der Waals surface area contributed by atoms with E-state index in [9.17, 15) is 18.7 Å². The molecular formula is C16H15F2N5O2. The quantitative estimate of drug-likeness (QED) is 0.672. The van der Waals surface area contributed by atoms with Gasteiger partial charge in [0.1, 0.15) is 17.6 Å². The number of nitrogen functional groups attached to an aromatic ring is 1. The van der Waals surface area contributed by atoms with Crippen molar-refractivity contribution >= 4 is 22.8 Å². The van der Waals surface area contributed by atoms with Crippen LogP contribution >= 0.6 is 0 Å². The third-order valence-corrected chi connectivity index (χ3v) is 4.08. The molecule has 0 saturated heterocycles. The van der Waals surface area contributed by atoms with Crippen molar-refractivity contribution in [3.8, 4) is 16.9 Å². The molecule has 0 radical (unpaired) electrons. The zero-order valence-corrected chi connectivity index (χ0v) is 13.4. The van der Waals surface area contributed by atoms with Gasteiger partial charge in [0, 0.05) is 5.56 Å². The molecule has 0 fully saturated rings. The Hall–Kier alpha value is -3.23. The summed E-state index contributed by atoms with van der Waals surface area (Å²) in [4.78, 5) is 19.6. The third-order valence-electron chi connectivity index (χ3n) is 4.08. The number of imidazole rings is 1. The standard InChI is InChI=1S/C16H15F2N5O2/c1-6-3-4-8(24)7(2)9(6)10-11(19)13(14(20)25)22-15-12(10)21-5-23(15)16(17)18/h3-5,16,24H,19H2,1-2H3,(H2,20,25). The number of carbonyl (C=O) groups excluding carboxylic acids is 1. The Bertz CT molecular complexity index is 1010. The third kappa shape index (κ3) is 2.44. The Labute approximate surface area is 140 Å². The van der Waals surface area contributed by atoms with E-state index >= 15 is 0 Å². The number of amides is 1. The fourth-order valence-electron chi connectivity index (χ4n) is 2.86. The first-order valence-electron chi connectivity index (χ1n) is 7.27. The molecule has 3 rings (SSSR count). The molecule has 0 spiro atoms. The number of nitrogens with zero attached hydrogens (tertiary/aromatic N) is 3. The van der Waals surface area contributed by atoms with Crippen molar-refractivity contribution in [1.82, 2.24) is 14.5 Å². The lowest BCUT2D eigenvalue weighted by Crippen LogP contribution is -2.17. The summed E-state index contributed by atoms with van der Waals surface area (Å²) in [6.07, 6.45) is 0.920. The highest BCUT2D eigenvalue weighted by Gasteiger charge is 2.25. The minimum absolute atomic E-state index is 0.00104. The summed E-state index contributed by atoms with van der Waals surface area (Å²) in [6, 6.07) is 3.16. The average molecular weight is 347 g/mol. The number of aromatic hydroxyl groups is 1. The molecule has 9 heteroatoms. The van der Waals surface area contributed by atoms with Crippen LogP contribution in [-0.4, -0.2) is 25.5 Å². The number of nitrogens with two attached hydrogens (primary N) is 2. The summed E-state index contributed by atoms with van der Waals surface area (Å²) in [5.74, 6) is -0.947. The number of aryl methyl sites for hydroxylation is 1. The number of phenols is 1. The van der Waals surface area contributed by atoms with Gasteiger partial charge >= 0.3 is 6.55 Å². The van der Waals surface area contributed by atoms with Crippen LogP contribution in [0.15, 0.2) is 18.5 Å². The van der Waals surface area contributed by atoms with E-state index in [1.54, 1.807) is 19.9 Å². The van der Waals surface area contributed by atoms with E-state index < -0.39 is 12.5 Å². The zero-order chi connectivity index (χ0) is 18.5. The Morgan fingerprint density at radius 3 is 2.56 bits per heavy atom. The maximum Gasteiger partial charge on any atom is 0.321 e. The molecule has 0 unspecified atom stereocenters. The SMILES string of the molecule is Cc1ccc(O)c(C)c1-c1c(N)c(C(N)=O)nc2c1ncn2C(F)F. The second-order valence-electron chi connectivity index (χ2n) is 5.62. The van der Waals surface area contributed by atoms with Gasteiger partial charge in [-0.15, -0.1) is 0 Å². The van der Waals surface area contributed by atoms with Crippen LogP contribution in [-0.2, 0) is 0 Å². The fraction of sp³-hybridized carbons (Fsp3) is 0.188. The second kappa shape index (κ2) is 5.69. The molecule has 1 amide bonds. The topological polar surface area (TPSA) is 120 Å². The van der Waals surface area contributed by atoms with Gasteiger partial charge in [0.2, 0.25) is 0 Å². The fourth-order valence-corrected chi connectivity index (χ4v) is 2.86. The number of hydrogen-bond acceptors (Lipinski definition) is 5. The molecule has 2 heterocycles. The van der Waals surface area contributed by atoms with Gasteiger partial charge in [-0.2, -0.15) is 8.78 Å². The van der Waals surface area contributed by atoms with Gasteiger partial charge < -0.3 is 16.6 Å². The van der Waals surface area contributed by atoms with Crippen LogP contribution in [0.4, 0.5) is 14.5 Å². The molecule has 7 nitrogen and oxygen atoms in total. The Morgan fingerprint density at radius 2 is 1.96 bits per heavy atom. The summed E-state index contributed by atoms with van der Waals surface area (Å²) in [5, 5.41) is 10.0. The van der Waals surface area contributed by atoms with E-state index in [4.69, 9.17) is 11.5 Å². The van der Waals surface area contributed by atoms with E-state index in [0.717, 1.165) is 11.9 Å². The Kier molecular flexibility index (Phi) is 3.78.